The quantitative estimate of drug-likeness (QED) is 0.0272. The van der Waals surface area contributed by atoms with Crippen LogP contribution in [0.25, 0.3) is 0 Å². The zero-order valence-corrected chi connectivity index (χ0v) is 44.4. The van der Waals surface area contributed by atoms with Crippen molar-refractivity contribution in [1.82, 2.24) is 5.32 Å². The second kappa shape index (κ2) is 47.3. The fourth-order valence-corrected chi connectivity index (χ4v) is 9.29. The van der Waals surface area contributed by atoms with Crippen molar-refractivity contribution in [2.24, 2.45) is 0 Å². The summed E-state index contributed by atoms with van der Waals surface area (Å²) in [6.07, 6.45) is 56.6. The van der Waals surface area contributed by atoms with Crippen LogP contribution in [0.4, 0.5) is 0 Å². The van der Waals surface area contributed by atoms with Gasteiger partial charge >= 0.3 is 0 Å². The highest BCUT2D eigenvalue weighted by atomic mass is 31.2. The fraction of sp³-hybridized carbons (Fsp3) is 0.945. The highest BCUT2D eigenvalue weighted by molar-refractivity contribution is 7.45. The van der Waals surface area contributed by atoms with Gasteiger partial charge in [-0.15, -0.1) is 0 Å². The number of aliphatic hydroxyl groups excluding tert-OH is 1. The van der Waals surface area contributed by atoms with Gasteiger partial charge in [-0.1, -0.05) is 251 Å². The predicted octanol–water partition coefficient (Wildman–Crippen LogP) is 16.0. The summed E-state index contributed by atoms with van der Waals surface area (Å²) in [6.45, 7) is 4.76. The Morgan fingerprint density at radius 1 is 0.531 bits per heavy atom. The number of nitrogens with one attached hydrogen (secondary N) is 1. The summed E-state index contributed by atoms with van der Waals surface area (Å²) in [5.74, 6) is -0.162. The first-order valence-corrected chi connectivity index (χ1v) is 29.5. The third-order valence-electron chi connectivity index (χ3n) is 13.0. The zero-order valence-electron chi connectivity index (χ0n) is 43.5. The number of rotatable bonds is 52. The van der Waals surface area contributed by atoms with Gasteiger partial charge in [0, 0.05) is 6.42 Å². The summed E-state index contributed by atoms with van der Waals surface area (Å²) in [5.41, 5.74) is 0. The molecule has 8 nitrogen and oxygen atoms in total. The van der Waals surface area contributed by atoms with Crippen molar-refractivity contribution in [3.05, 3.63) is 12.2 Å². The van der Waals surface area contributed by atoms with E-state index in [0.29, 0.717) is 23.9 Å². The molecule has 64 heavy (non-hydrogen) atoms. The van der Waals surface area contributed by atoms with Crippen LogP contribution in [0.3, 0.4) is 0 Å². The van der Waals surface area contributed by atoms with Crippen molar-refractivity contribution in [2.75, 3.05) is 40.9 Å². The van der Waals surface area contributed by atoms with E-state index >= 15 is 0 Å². The van der Waals surface area contributed by atoms with Crippen LogP contribution in [0.1, 0.15) is 284 Å². The van der Waals surface area contributed by atoms with Gasteiger partial charge in [0.2, 0.25) is 5.91 Å². The molecular formula is C55H111N2O6P. The zero-order chi connectivity index (χ0) is 47.1. The topological polar surface area (TPSA) is 108 Å². The van der Waals surface area contributed by atoms with Gasteiger partial charge in [-0.3, -0.25) is 9.36 Å². The second-order valence-corrected chi connectivity index (χ2v) is 22.1. The molecule has 382 valence electrons. The van der Waals surface area contributed by atoms with Gasteiger partial charge < -0.3 is 28.8 Å². The molecule has 0 saturated heterocycles. The average molecular weight is 927 g/mol. The van der Waals surface area contributed by atoms with E-state index in [9.17, 15) is 19.4 Å². The monoisotopic (exact) mass is 927 g/mol. The molecule has 0 bridgehead atoms. The molecule has 0 spiro atoms. The number of amides is 1. The molecule has 1 amide bonds. The maximum atomic E-state index is 13.0. The van der Waals surface area contributed by atoms with Crippen LogP contribution >= 0.6 is 7.82 Å². The molecule has 0 aromatic rings. The molecule has 2 N–H and O–H groups in total. The maximum absolute atomic E-state index is 13.0. The number of hydrogen-bond donors (Lipinski definition) is 2. The molecule has 0 aliphatic carbocycles. The number of allylic oxidation sites excluding steroid dienone is 2. The summed E-state index contributed by atoms with van der Waals surface area (Å²) in [7, 11) is 1.32. The first kappa shape index (κ1) is 63.2. The van der Waals surface area contributed by atoms with Crippen LogP contribution in [0.2, 0.25) is 0 Å². The predicted molar refractivity (Wildman–Crippen MR) is 275 cm³/mol. The number of carbonyl (C=O) groups excluding carboxylic acids is 1. The van der Waals surface area contributed by atoms with E-state index in [1.54, 1.807) is 0 Å². The van der Waals surface area contributed by atoms with Gasteiger partial charge in [-0.05, 0) is 38.5 Å². The number of phosphoric acid groups is 1. The van der Waals surface area contributed by atoms with Gasteiger partial charge in [0.25, 0.3) is 7.82 Å². The number of aliphatic hydroxyl groups is 1. The minimum Gasteiger partial charge on any atom is -0.756 e. The minimum atomic E-state index is -4.57. The average Bonchev–Trinajstić information content (AvgIpc) is 3.25. The molecule has 0 aliphatic heterocycles. The van der Waals surface area contributed by atoms with Crippen molar-refractivity contribution in [1.29, 1.82) is 0 Å². The van der Waals surface area contributed by atoms with Crippen molar-refractivity contribution in [2.45, 2.75) is 296 Å². The number of phosphoric ester groups is 1. The third-order valence-corrected chi connectivity index (χ3v) is 14.0. The molecule has 0 saturated carbocycles. The van der Waals surface area contributed by atoms with Gasteiger partial charge in [-0.25, -0.2) is 0 Å². The van der Waals surface area contributed by atoms with E-state index in [1.165, 1.54) is 218 Å². The second-order valence-electron chi connectivity index (χ2n) is 20.6. The lowest BCUT2D eigenvalue weighted by molar-refractivity contribution is -0.870. The van der Waals surface area contributed by atoms with E-state index in [1.807, 2.05) is 21.1 Å². The van der Waals surface area contributed by atoms with Crippen LogP contribution in [0.5, 0.6) is 0 Å². The number of nitrogens with zero attached hydrogens (tertiary/aromatic N) is 1. The Labute approximate surface area is 399 Å². The Morgan fingerprint density at radius 2 is 0.859 bits per heavy atom. The molecule has 0 rings (SSSR count). The van der Waals surface area contributed by atoms with Crippen LogP contribution in [0, 0.1) is 0 Å². The van der Waals surface area contributed by atoms with Gasteiger partial charge in [0.05, 0.1) is 39.9 Å². The SMILES string of the molecule is CCCCCCCCCC/C=C\CCCCCCCCCCCC(=O)NC(COP(=O)([O-])OCC[N+](C)(C)C)C(O)CCCCCCCCCCCCCCCCCCCCCCC. The van der Waals surface area contributed by atoms with Crippen LogP contribution in [0.15, 0.2) is 12.2 Å². The normalized spacial score (nSPS) is 14.0. The van der Waals surface area contributed by atoms with Crippen LogP contribution < -0.4 is 10.2 Å². The third kappa shape index (κ3) is 49.2. The van der Waals surface area contributed by atoms with Crippen LogP contribution in [-0.2, 0) is 18.4 Å². The Balaban J connectivity index is 4.18. The van der Waals surface area contributed by atoms with E-state index in [2.05, 4.69) is 31.3 Å². The molecule has 0 aromatic heterocycles. The molecule has 0 heterocycles. The van der Waals surface area contributed by atoms with Crippen molar-refractivity contribution >= 4 is 13.7 Å². The summed E-state index contributed by atoms with van der Waals surface area (Å²) in [5, 5.41) is 14.0. The van der Waals surface area contributed by atoms with E-state index in [0.717, 1.165) is 38.5 Å². The molecular weight excluding hydrogens is 816 g/mol. The highest BCUT2D eigenvalue weighted by Crippen LogP contribution is 2.38. The van der Waals surface area contributed by atoms with Crippen molar-refractivity contribution in [3.8, 4) is 0 Å². The van der Waals surface area contributed by atoms with E-state index in [-0.39, 0.29) is 19.1 Å². The smallest absolute Gasteiger partial charge is 0.268 e. The molecule has 0 aromatic carbocycles. The largest absolute Gasteiger partial charge is 0.756 e. The fourth-order valence-electron chi connectivity index (χ4n) is 8.57. The number of carbonyl (C=O) groups is 1. The summed E-state index contributed by atoms with van der Waals surface area (Å²) in [4.78, 5) is 25.5. The Morgan fingerprint density at radius 3 is 1.22 bits per heavy atom. The van der Waals surface area contributed by atoms with Crippen molar-refractivity contribution in [3.63, 3.8) is 0 Å². The van der Waals surface area contributed by atoms with E-state index < -0.39 is 20.0 Å². The summed E-state index contributed by atoms with van der Waals surface area (Å²) < 4.78 is 23.4. The summed E-state index contributed by atoms with van der Waals surface area (Å²) >= 11 is 0. The molecule has 9 heteroatoms. The molecule has 3 unspecified atom stereocenters. The number of unbranched alkanes of at least 4 members (excludes halogenated alkanes) is 37. The first-order valence-electron chi connectivity index (χ1n) is 28.0. The Bertz CT molecular complexity index is 1050. The first-order chi connectivity index (χ1) is 31.0. The lowest BCUT2D eigenvalue weighted by atomic mass is 10.0. The highest BCUT2D eigenvalue weighted by Gasteiger charge is 2.24. The minimum absolute atomic E-state index is 0.0143. The van der Waals surface area contributed by atoms with Crippen LogP contribution in [-0.4, -0.2) is 68.5 Å². The molecule has 0 aliphatic rings. The summed E-state index contributed by atoms with van der Waals surface area (Å²) in [6, 6.07) is -0.799. The number of hydrogen-bond acceptors (Lipinski definition) is 6. The molecule has 0 fully saturated rings. The van der Waals surface area contributed by atoms with E-state index in [4.69, 9.17) is 9.05 Å². The Hall–Kier alpha value is -0.760. The van der Waals surface area contributed by atoms with Gasteiger partial charge in [0.1, 0.15) is 13.2 Å². The van der Waals surface area contributed by atoms with Gasteiger partial charge in [0.15, 0.2) is 0 Å². The molecule has 0 radical (unpaired) electrons. The lowest BCUT2D eigenvalue weighted by Gasteiger charge is -2.30. The standard InChI is InChI=1S/C55H111N2O6P/c1-6-8-10-12-14-16-18-20-22-24-26-28-30-32-34-36-38-40-42-44-46-48-54(58)53(52-63-64(60,61)62-51-50-57(3,4)5)56-55(59)49-47-45-43-41-39-37-35-33-31-29-27-25-23-21-19-17-15-13-11-9-7-2/h25,27,53-54,58H,6-24,26,28-52H2,1-5H3,(H-,56,59,60,61)/b27-25-. The number of quaternary nitrogens is 1. The van der Waals surface area contributed by atoms with Gasteiger partial charge in [-0.2, -0.15) is 0 Å². The maximum Gasteiger partial charge on any atom is 0.268 e. The Kier molecular flexibility index (Phi) is 46.8. The molecule has 3 atom stereocenters. The lowest BCUT2D eigenvalue weighted by Crippen LogP contribution is -2.46. The number of likely N-dealkylation sites (N-methyl/N-ethyl adjacent to an activating group) is 1. The van der Waals surface area contributed by atoms with Crippen molar-refractivity contribution < 1.29 is 32.9 Å².